The largest absolute Gasteiger partial charge is 0.351 e. The van der Waals surface area contributed by atoms with Crippen LogP contribution in [-0.2, 0) is 7.05 Å². The SMILES string of the molecule is Cn1ccc2cc(Cl)c(Cl)cc21. The van der Waals surface area contributed by atoms with Crippen LogP contribution < -0.4 is 0 Å². The van der Waals surface area contributed by atoms with Crippen LogP contribution in [0.25, 0.3) is 10.9 Å². The molecule has 0 unspecified atom stereocenters. The van der Waals surface area contributed by atoms with Gasteiger partial charge in [-0.15, -0.1) is 0 Å². The molecule has 3 heteroatoms. The zero-order valence-corrected chi connectivity index (χ0v) is 8.02. The Labute approximate surface area is 80.5 Å². The number of aryl methyl sites for hydroxylation is 1. The molecule has 12 heavy (non-hydrogen) atoms. The van der Waals surface area contributed by atoms with Crippen molar-refractivity contribution in [3.63, 3.8) is 0 Å². The molecule has 1 heterocycles. The monoisotopic (exact) mass is 199 g/mol. The van der Waals surface area contributed by atoms with Crippen LogP contribution in [-0.4, -0.2) is 4.57 Å². The molecular formula is C9H7Cl2N. The van der Waals surface area contributed by atoms with E-state index in [2.05, 4.69) is 0 Å². The summed E-state index contributed by atoms with van der Waals surface area (Å²) in [6.07, 6.45) is 1.98. The van der Waals surface area contributed by atoms with Crippen LogP contribution in [0.15, 0.2) is 24.4 Å². The number of hydrogen-bond donors (Lipinski definition) is 0. The van der Waals surface area contributed by atoms with Gasteiger partial charge >= 0.3 is 0 Å². The van der Waals surface area contributed by atoms with Crippen LogP contribution >= 0.6 is 23.2 Å². The molecule has 2 aromatic rings. The number of benzene rings is 1. The number of hydrogen-bond acceptors (Lipinski definition) is 0. The number of aromatic nitrogens is 1. The van der Waals surface area contributed by atoms with Crippen LogP contribution in [0.2, 0.25) is 10.0 Å². The lowest BCUT2D eigenvalue weighted by Gasteiger charge is -1.98. The van der Waals surface area contributed by atoms with Crippen LogP contribution in [0.3, 0.4) is 0 Å². The lowest BCUT2D eigenvalue weighted by Crippen LogP contribution is -1.83. The molecule has 0 aliphatic heterocycles. The fourth-order valence-electron chi connectivity index (χ4n) is 1.26. The first-order valence-corrected chi connectivity index (χ1v) is 4.34. The molecule has 62 valence electrons. The smallest absolute Gasteiger partial charge is 0.0613 e. The van der Waals surface area contributed by atoms with Gasteiger partial charge in [0.05, 0.1) is 10.0 Å². The molecule has 0 spiro atoms. The normalized spacial score (nSPS) is 10.9. The summed E-state index contributed by atoms with van der Waals surface area (Å²) < 4.78 is 2.01. The van der Waals surface area contributed by atoms with Crippen molar-refractivity contribution >= 4 is 34.1 Å². The van der Waals surface area contributed by atoms with E-state index in [1.807, 2.05) is 36.0 Å². The quantitative estimate of drug-likeness (QED) is 0.613. The van der Waals surface area contributed by atoms with Gasteiger partial charge in [-0.1, -0.05) is 23.2 Å². The van der Waals surface area contributed by atoms with E-state index in [0.29, 0.717) is 10.0 Å². The van der Waals surface area contributed by atoms with Gasteiger partial charge in [0, 0.05) is 24.1 Å². The van der Waals surface area contributed by atoms with E-state index in [4.69, 9.17) is 23.2 Å². The molecule has 0 fully saturated rings. The summed E-state index contributed by atoms with van der Waals surface area (Å²) in [5.41, 5.74) is 1.10. The fraction of sp³-hybridized carbons (Fsp3) is 0.111. The van der Waals surface area contributed by atoms with Gasteiger partial charge in [0.25, 0.3) is 0 Å². The van der Waals surface area contributed by atoms with E-state index in [1.54, 1.807) is 0 Å². The number of halogens is 2. The lowest BCUT2D eigenvalue weighted by molar-refractivity contribution is 0.969. The Balaban J connectivity index is 2.87. The zero-order chi connectivity index (χ0) is 8.72. The molecule has 0 aliphatic rings. The van der Waals surface area contributed by atoms with Gasteiger partial charge in [-0.05, 0) is 18.2 Å². The van der Waals surface area contributed by atoms with Gasteiger partial charge in [0.15, 0.2) is 0 Å². The van der Waals surface area contributed by atoms with Crippen molar-refractivity contribution in [2.24, 2.45) is 7.05 Å². The second kappa shape index (κ2) is 2.68. The van der Waals surface area contributed by atoms with E-state index >= 15 is 0 Å². The number of rotatable bonds is 0. The van der Waals surface area contributed by atoms with Crippen molar-refractivity contribution in [1.29, 1.82) is 0 Å². The van der Waals surface area contributed by atoms with E-state index in [0.717, 1.165) is 10.9 Å². The molecule has 0 atom stereocenters. The van der Waals surface area contributed by atoms with Gasteiger partial charge in [0.2, 0.25) is 0 Å². The van der Waals surface area contributed by atoms with E-state index in [9.17, 15) is 0 Å². The van der Waals surface area contributed by atoms with E-state index in [1.165, 1.54) is 0 Å². The van der Waals surface area contributed by atoms with Crippen LogP contribution in [0.5, 0.6) is 0 Å². The van der Waals surface area contributed by atoms with Gasteiger partial charge in [-0.3, -0.25) is 0 Å². The molecule has 0 saturated carbocycles. The van der Waals surface area contributed by atoms with Gasteiger partial charge in [0.1, 0.15) is 0 Å². The minimum Gasteiger partial charge on any atom is -0.351 e. The Hall–Kier alpha value is -0.660. The molecule has 0 aliphatic carbocycles. The van der Waals surface area contributed by atoms with Gasteiger partial charge < -0.3 is 4.57 Å². The van der Waals surface area contributed by atoms with Crippen LogP contribution in [0.1, 0.15) is 0 Å². The van der Waals surface area contributed by atoms with Gasteiger partial charge in [-0.2, -0.15) is 0 Å². The van der Waals surface area contributed by atoms with Crippen molar-refractivity contribution in [3.05, 3.63) is 34.4 Å². The highest BCUT2D eigenvalue weighted by atomic mass is 35.5. The Bertz CT molecular complexity index is 431. The maximum Gasteiger partial charge on any atom is 0.0613 e. The summed E-state index contributed by atoms with van der Waals surface area (Å²) in [6, 6.07) is 5.76. The van der Waals surface area contributed by atoms with Crippen molar-refractivity contribution in [2.75, 3.05) is 0 Å². The van der Waals surface area contributed by atoms with Crippen LogP contribution in [0.4, 0.5) is 0 Å². The third-order valence-electron chi connectivity index (χ3n) is 1.93. The molecule has 0 saturated heterocycles. The summed E-state index contributed by atoms with van der Waals surface area (Å²) in [6.45, 7) is 0. The molecule has 1 nitrogen and oxygen atoms in total. The molecule has 1 aromatic carbocycles. The fourth-order valence-corrected chi connectivity index (χ4v) is 1.59. The Morgan fingerprint density at radius 3 is 2.58 bits per heavy atom. The molecule has 0 N–H and O–H groups in total. The molecule has 0 bridgehead atoms. The van der Waals surface area contributed by atoms with Crippen molar-refractivity contribution < 1.29 is 0 Å². The van der Waals surface area contributed by atoms with E-state index in [-0.39, 0.29) is 0 Å². The summed E-state index contributed by atoms with van der Waals surface area (Å²) in [7, 11) is 1.98. The topological polar surface area (TPSA) is 4.93 Å². The Kier molecular flexibility index (Phi) is 1.78. The second-order valence-corrected chi connectivity index (χ2v) is 3.57. The number of nitrogens with zero attached hydrogens (tertiary/aromatic N) is 1. The van der Waals surface area contributed by atoms with Crippen molar-refractivity contribution in [3.8, 4) is 0 Å². The molecule has 0 radical (unpaired) electrons. The standard InChI is InChI=1S/C9H7Cl2N/c1-12-3-2-6-4-7(10)8(11)5-9(6)12/h2-5H,1H3. The minimum atomic E-state index is 0.603. The predicted octanol–water partition coefficient (Wildman–Crippen LogP) is 3.49. The molecule has 0 amide bonds. The highest BCUT2D eigenvalue weighted by Crippen LogP contribution is 2.27. The Morgan fingerprint density at radius 1 is 1.17 bits per heavy atom. The molecule has 2 rings (SSSR count). The average Bonchev–Trinajstić information content (AvgIpc) is 2.35. The second-order valence-electron chi connectivity index (χ2n) is 2.75. The van der Waals surface area contributed by atoms with Gasteiger partial charge in [-0.25, -0.2) is 0 Å². The number of fused-ring (bicyclic) bond motifs is 1. The van der Waals surface area contributed by atoms with Crippen molar-refractivity contribution in [2.45, 2.75) is 0 Å². The maximum atomic E-state index is 5.87. The molecular weight excluding hydrogens is 193 g/mol. The average molecular weight is 200 g/mol. The maximum absolute atomic E-state index is 5.87. The summed E-state index contributed by atoms with van der Waals surface area (Å²) >= 11 is 11.7. The summed E-state index contributed by atoms with van der Waals surface area (Å²) in [5, 5.41) is 2.33. The third kappa shape index (κ3) is 1.10. The third-order valence-corrected chi connectivity index (χ3v) is 2.65. The highest BCUT2D eigenvalue weighted by Gasteiger charge is 2.02. The Morgan fingerprint density at radius 2 is 1.83 bits per heavy atom. The highest BCUT2D eigenvalue weighted by molar-refractivity contribution is 6.42. The molecule has 1 aromatic heterocycles. The van der Waals surface area contributed by atoms with Crippen molar-refractivity contribution in [1.82, 2.24) is 4.57 Å². The minimum absolute atomic E-state index is 0.603. The van der Waals surface area contributed by atoms with E-state index < -0.39 is 0 Å². The first-order chi connectivity index (χ1) is 5.68. The lowest BCUT2D eigenvalue weighted by atomic mass is 10.2. The van der Waals surface area contributed by atoms with Crippen LogP contribution in [0, 0.1) is 0 Å². The zero-order valence-electron chi connectivity index (χ0n) is 6.51. The first-order valence-electron chi connectivity index (χ1n) is 3.58. The summed E-state index contributed by atoms with van der Waals surface area (Å²) in [5.74, 6) is 0. The first kappa shape index (κ1) is 7.96. The summed E-state index contributed by atoms with van der Waals surface area (Å²) in [4.78, 5) is 0. The predicted molar refractivity (Wildman–Crippen MR) is 52.9 cm³/mol.